The van der Waals surface area contributed by atoms with Crippen molar-refractivity contribution in [1.82, 2.24) is 10.3 Å². The lowest BCUT2D eigenvalue weighted by molar-refractivity contribution is 0.0964. The molecule has 1 heterocycles. The van der Waals surface area contributed by atoms with Crippen LogP contribution in [-0.2, 0) is 6.54 Å². The van der Waals surface area contributed by atoms with E-state index in [-0.39, 0.29) is 11.8 Å². The molecule has 2 amide bonds. The number of anilines is 1. The fourth-order valence-electron chi connectivity index (χ4n) is 1.62. The van der Waals surface area contributed by atoms with Gasteiger partial charge in [0.1, 0.15) is 10.7 Å². The molecule has 1 aromatic carbocycles. The van der Waals surface area contributed by atoms with E-state index in [0.29, 0.717) is 28.5 Å². The summed E-state index contributed by atoms with van der Waals surface area (Å²) in [5.41, 5.74) is 6.60. The van der Waals surface area contributed by atoms with Crippen molar-refractivity contribution in [1.29, 1.82) is 0 Å². The first-order valence-corrected chi connectivity index (χ1v) is 6.80. The van der Waals surface area contributed by atoms with Crippen molar-refractivity contribution in [2.24, 2.45) is 5.73 Å². The van der Waals surface area contributed by atoms with Crippen molar-refractivity contribution in [3.8, 4) is 0 Å². The van der Waals surface area contributed by atoms with Gasteiger partial charge in [0.2, 0.25) is 0 Å². The van der Waals surface area contributed by atoms with E-state index in [1.165, 1.54) is 18.4 Å². The summed E-state index contributed by atoms with van der Waals surface area (Å²) >= 11 is 1.33. The average Bonchev–Trinajstić information content (AvgIpc) is 2.96. The highest BCUT2D eigenvalue weighted by atomic mass is 32.1. The first kappa shape index (κ1) is 14.2. The molecule has 0 aliphatic carbocycles. The smallest absolute Gasteiger partial charge is 0.275 e. The van der Waals surface area contributed by atoms with Crippen molar-refractivity contribution < 1.29 is 9.59 Å². The molecule has 0 atom stereocenters. The summed E-state index contributed by atoms with van der Waals surface area (Å²) in [5, 5.41) is 7.54. The molecule has 20 heavy (non-hydrogen) atoms. The number of amides is 2. The maximum atomic E-state index is 12.1. The zero-order valence-corrected chi connectivity index (χ0v) is 11.7. The van der Waals surface area contributed by atoms with Gasteiger partial charge >= 0.3 is 0 Å². The maximum absolute atomic E-state index is 12.1. The molecule has 6 nitrogen and oxygen atoms in total. The van der Waals surface area contributed by atoms with Gasteiger partial charge in [0, 0.05) is 19.0 Å². The molecule has 2 aromatic rings. The Labute approximate surface area is 120 Å². The summed E-state index contributed by atoms with van der Waals surface area (Å²) in [6.07, 6.45) is 0. The fraction of sp³-hybridized carbons (Fsp3) is 0.154. The lowest BCUT2D eigenvalue weighted by Crippen LogP contribution is -2.21. The van der Waals surface area contributed by atoms with E-state index in [4.69, 9.17) is 5.73 Å². The molecule has 1 aromatic heterocycles. The van der Waals surface area contributed by atoms with Crippen LogP contribution >= 0.6 is 11.3 Å². The van der Waals surface area contributed by atoms with Gasteiger partial charge < -0.3 is 16.4 Å². The van der Waals surface area contributed by atoms with E-state index >= 15 is 0 Å². The zero-order chi connectivity index (χ0) is 14.5. The van der Waals surface area contributed by atoms with Crippen LogP contribution < -0.4 is 16.4 Å². The van der Waals surface area contributed by atoms with Crippen LogP contribution in [0.4, 0.5) is 5.69 Å². The Morgan fingerprint density at radius 1 is 1.30 bits per heavy atom. The number of hydrogen-bond donors (Lipinski definition) is 3. The topological polar surface area (TPSA) is 97.1 Å². The van der Waals surface area contributed by atoms with E-state index in [1.807, 2.05) is 0 Å². The Bertz CT molecular complexity index is 639. The third-order valence-corrected chi connectivity index (χ3v) is 3.48. The number of para-hydroxylation sites is 1. The van der Waals surface area contributed by atoms with E-state index in [2.05, 4.69) is 15.6 Å². The molecule has 0 spiro atoms. The second kappa shape index (κ2) is 6.27. The Hall–Kier alpha value is -2.25. The standard InChI is InChI=1S/C13H14N4O2S/c1-15-12(18)8-4-2-3-5-9(8)17-13(19)10-7-20-11(6-14)16-10/h2-5,7H,6,14H2,1H3,(H,15,18)(H,17,19). The molecule has 0 fully saturated rings. The number of carbonyl (C=O) groups is 2. The number of carbonyl (C=O) groups excluding carboxylic acids is 2. The summed E-state index contributed by atoms with van der Waals surface area (Å²) in [5.74, 6) is -0.626. The number of nitrogens with one attached hydrogen (secondary N) is 2. The van der Waals surface area contributed by atoms with Gasteiger partial charge in [0.25, 0.3) is 11.8 Å². The molecule has 0 unspecified atom stereocenters. The van der Waals surface area contributed by atoms with Gasteiger partial charge in [-0.3, -0.25) is 9.59 Å². The van der Waals surface area contributed by atoms with Gasteiger partial charge in [-0.15, -0.1) is 11.3 Å². The van der Waals surface area contributed by atoms with E-state index in [1.54, 1.807) is 29.6 Å². The molecular formula is C13H14N4O2S. The van der Waals surface area contributed by atoms with Crippen LogP contribution in [0.15, 0.2) is 29.6 Å². The molecule has 0 aliphatic heterocycles. The largest absolute Gasteiger partial charge is 0.355 e. The van der Waals surface area contributed by atoms with Crippen LogP contribution in [0.2, 0.25) is 0 Å². The quantitative estimate of drug-likeness (QED) is 0.788. The van der Waals surface area contributed by atoms with Gasteiger partial charge in [-0.25, -0.2) is 4.98 Å². The highest BCUT2D eigenvalue weighted by Gasteiger charge is 2.14. The zero-order valence-electron chi connectivity index (χ0n) is 10.8. The van der Waals surface area contributed by atoms with Gasteiger partial charge in [0.15, 0.2) is 0 Å². The molecule has 0 radical (unpaired) electrons. The van der Waals surface area contributed by atoms with Crippen molar-refractivity contribution in [2.75, 3.05) is 12.4 Å². The molecule has 104 valence electrons. The number of hydrogen-bond acceptors (Lipinski definition) is 5. The fourth-order valence-corrected chi connectivity index (χ4v) is 2.27. The minimum Gasteiger partial charge on any atom is -0.355 e. The van der Waals surface area contributed by atoms with Gasteiger partial charge in [-0.1, -0.05) is 12.1 Å². The van der Waals surface area contributed by atoms with Crippen LogP contribution in [0.1, 0.15) is 25.9 Å². The van der Waals surface area contributed by atoms with Crippen molar-refractivity contribution in [3.05, 3.63) is 45.9 Å². The first-order valence-electron chi connectivity index (χ1n) is 5.92. The van der Waals surface area contributed by atoms with Gasteiger partial charge in [-0.2, -0.15) is 0 Å². The lowest BCUT2D eigenvalue weighted by Gasteiger charge is -2.08. The van der Waals surface area contributed by atoms with E-state index in [9.17, 15) is 9.59 Å². The Morgan fingerprint density at radius 3 is 2.70 bits per heavy atom. The van der Waals surface area contributed by atoms with Crippen molar-refractivity contribution in [3.63, 3.8) is 0 Å². The monoisotopic (exact) mass is 290 g/mol. The number of aromatic nitrogens is 1. The number of nitrogens with two attached hydrogens (primary N) is 1. The van der Waals surface area contributed by atoms with Crippen LogP contribution in [0, 0.1) is 0 Å². The van der Waals surface area contributed by atoms with Gasteiger partial charge in [-0.05, 0) is 12.1 Å². The Morgan fingerprint density at radius 2 is 2.05 bits per heavy atom. The predicted molar refractivity (Wildman–Crippen MR) is 77.8 cm³/mol. The molecule has 0 bridgehead atoms. The average molecular weight is 290 g/mol. The molecule has 0 aliphatic rings. The normalized spacial score (nSPS) is 10.1. The Kier molecular flexibility index (Phi) is 4.44. The number of nitrogens with zero attached hydrogens (tertiary/aromatic N) is 1. The summed E-state index contributed by atoms with van der Waals surface area (Å²) in [7, 11) is 1.54. The number of rotatable bonds is 4. The Balaban J connectivity index is 2.21. The van der Waals surface area contributed by atoms with Crippen molar-refractivity contribution in [2.45, 2.75) is 6.54 Å². The summed E-state index contributed by atoms with van der Waals surface area (Å²) in [4.78, 5) is 27.9. The number of thiazole rings is 1. The molecule has 4 N–H and O–H groups in total. The molecule has 7 heteroatoms. The predicted octanol–water partition coefficient (Wildman–Crippen LogP) is 1.21. The highest BCUT2D eigenvalue weighted by molar-refractivity contribution is 7.09. The van der Waals surface area contributed by atoms with E-state index < -0.39 is 0 Å². The van der Waals surface area contributed by atoms with Gasteiger partial charge in [0.05, 0.1) is 11.3 Å². The maximum Gasteiger partial charge on any atom is 0.275 e. The third kappa shape index (κ3) is 3.01. The lowest BCUT2D eigenvalue weighted by atomic mass is 10.1. The van der Waals surface area contributed by atoms with Crippen LogP contribution in [-0.4, -0.2) is 23.8 Å². The molecule has 0 saturated carbocycles. The van der Waals surface area contributed by atoms with Crippen LogP contribution in [0.5, 0.6) is 0 Å². The summed E-state index contributed by atoms with van der Waals surface area (Å²) in [6, 6.07) is 6.78. The van der Waals surface area contributed by atoms with Crippen LogP contribution in [0.3, 0.4) is 0 Å². The SMILES string of the molecule is CNC(=O)c1ccccc1NC(=O)c1csc(CN)n1. The highest BCUT2D eigenvalue weighted by Crippen LogP contribution is 2.17. The third-order valence-electron chi connectivity index (χ3n) is 2.61. The molecule has 2 rings (SSSR count). The number of benzene rings is 1. The second-order valence-electron chi connectivity index (χ2n) is 3.91. The molecule has 0 saturated heterocycles. The minimum absolute atomic E-state index is 0.262. The summed E-state index contributed by atoms with van der Waals surface area (Å²) < 4.78 is 0. The van der Waals surface area contributed by atoms with E-state index in [0.717, 1.165) is 0 Å². The minimum atomic E-state index is -0.364. The van der Waals surface area contributed by atoms with Crippen LogP contribution in [0.25, 0.3) is 0 Å². The first-order chi connectivity index (χ1) is 9.65. The molecular weight excluding hydrogens is 276 g/mol. The summed E-state index contributed by atoms with van der Waals surface area (Å²) in [6.45, 7) is 0.298. The second-order valence-corrected chi connectivity index (χ2v) is 4.85. The van der Waals surface area contributed by atoms with Crippen molar-refractivity contribution >= 4 is 28.8 Å².